The SMILES string of the molecule is Cc1ccc(CO/N=C/c2c(-c3ccccc3)n(-c3ccccc3)c3ccccc23)cc1. The number of nitrogens with zero attached hydrogens (tertiary/aromatic N) is 2. The maximum absolute atomic E-state index is 5.68. The Morgan fingerprint density at radius 1 is 0.750 bits per heavy atom. The van der Waals surface area contributed by atoms with E-state index in [-0.39, 0.29) is 0 Å². The predicted octanol–water partition coefficient (Wildman–Crippen LogP) is 7.16. The molecule has 156 valence electrons. The van der Waals surface area contributed by atoms with Crippen LogP contribution in [0.2, 0.25) is 0 Å². The summed E-state index contributed by atoms with van der Waals surface area (Å²) in [4.78, 5) is 5.68. The van der Waals surface area contributed by atoms with Crippen molar-refractivity contribution < 1.29 is 4.84 Å². The van der Waals surface area contributed by atoms with Crippen LogP contribution in [0.3, 0.4) is 0 Å². The lowest BCUT2D eigenvalue weighted by molar-refractivity contribution is 0.132. The monoisotopic (exact) mass is 416 g/mol. The lowest BCUT2D eigenvalue weighted by Crippen LogP contribution is -1.98. The quantitative estimate of drug-likeness (QED) is 0.213. The summed E-state index contributed by atoms with van der Waals surface area (Å²) in [5.41, 5.74) is 7.86. The molecule has 5 rings (SSSR count). The smallest absolute Gasteiger partial charge is 0.142 e. The van der Waals surface area contributed by atoms with Gasteiger partial charge in [-0.05, 0) is 36.2 Å². The van der Waals surface area contributed by atoms with Gasteiger partial charge in [0.2, 0.25) is 0 Å². The number of hydrogen-bond donors (Lipinski definition) is 0. The maximum atomic E-state index is 5.68. The molecule has 0 saturated heterocycles. The van der Waals surface area contributed by atoms with E-state index in [9.17, 15) is 0 Å². The van der Waals surface area contributed by atoms with Gasteiger partial charge < -0.3 is 9.40 Å². The van der Waals surface area contributed by atoms with Crippen LogP contribution in [0.25, 0.3) is 27.8 Å². The molecule has 5 aromatic rings. The van der Waals surface area contributed by atoms with E-state index in [2.05, 4.69) is 114 Å². The summed E-state index contributed by atoms with van der Waals surface area (Å²) in [6.45, 7) is 2.52. The number of rotatable bonds is 6. The van der Waals surface area contributed by atoms with Gasteiger partial charge in [-0.25, -0.2) is 0 Å². The third-order valence-electron chi connectivity index (χ3n) is 5.58. The molecule has 0 aliphatic heterocycles. The zero-order valence-electron chi connectivity index (χ0n) is 18.0. The first kappa shape index (κ1) is 19.8. The number of benzene rings is 4. The Morgan fingerprint density at radius 2 is 1.41 bits per heavy atom. The van der Waals surface area contributed by atoms with Crippen LogP contribution in [0.15, 0.2) is 114 Å². The van der Waals surface area contributed by atoms with Gasteiger partial charge >= 0.3 is 0 Å². The van der Waals surface area contributed by atoms with Crippen molar-refractivity contribution >= 4 is 17.1 Å². The molecule has 3 heteroatoms. The van der Waals surface area contributed by atoms with Gasteiger partial charge in [-0.15, -0.1) is 0 Å². The highest BCUT2D eigenvalue weighted by molar-refractivity contribution is 6.07. The molecular formula is C29H24N2O. The summed E-state index contributed by atoms with van der Waals surface area (Å²) in [6.07, 6.45) is 1.85. The molecule has 32 heavy (non-hydrogen) atoms. The molecule has 0 radical (unpaired) electrons. The van der Waals surface area contributed by atoms with Crippen molar-refractivity contribution in [1.82, 2.24) is 4.57 Å². The Balaban J connectivity index is 1.60. The van der Waals surface area contributed by atoms with Crippen molar-refractivity contribution in [2.24, 2.45) is 5.16 Å². The summed E-state index contributed by atoms with van der Waals surface area (Å²) >= 11 is 0. The standard InChI is InChI=1S/C29H24N2O/c1-22-16-18-23(19-17-22)21-32-30-20-27-26-14-8-9-15-28(26)31(25-12-6-3-7-13-25)29(27)24-10-4-2-5-11-24/h2-20H,21H2,1H3/b30-20+. The molecule has 0 saturated carbocycles. The lowest BCUT2D eigenvalue weighted by atomic mass is 10.1. The average molecular weight is 417 g/mol. The highest BCUT2D eigenvalue weighted by Crippen LogP contribution is 2.35. The van der Waals surface area contributed by atoms with Crippen LogP contribution in [0.5, 0.6) is 0 Å². The Kier molecular flexibility index (Phi) is 5.54. The normalized spacial score (nSPS) is 11.3. The molecule has 0 aliphatic carbocycles. The second kappa shape index (κ2) is 8.94. The highest BCUT2D eigenvalue weighted by atomic mass is 16.6. The van der Waals surface area contributed by atoms with Gasteiger partial charge in [0.1, 0.15) is 6.61 Å². The van der Waals surface area contributed by atoms with Gasteiger partial charge in [0, 0.05) is 16.6 Å². The van der Waals surface area contributed by atoms with E-state index in [0.717, 1.165) is 39.0 Å². The first-order chi connectivity index (χ1) is 15.8. The Morgan fingerprint density at radius 3 is 2.16 bits per heavy atom. The summed E-state index contributed by atoms with van der Waals surface area (Å²) < 4.78 is 2.30. The zero-order valence-corrected chi connectivity index (χ0v) is 18.0. The van der Waals surface area contributed by atoms with Gasteiger partial charge in [-0.3, -0.25) is 0 Å². The van der Waals surface area contributed by atoms with E-state index in [1.165, 1.54) is 5.56 Å². The molecular weight excluding hydrogens is 392 g/mol. The van der Waals surface area contributed by atoms with Crippen LogP contribution in [-0.4, -0.2) is 10.8 Å². The molecule has 0 fully saturated rings. The minimum atomic E-state index is 0.439. The number of aromatic nitrogens is 1. The highest BCUT2D eigenvalue weighted by Gasteiger charge is 2.18. The number of fused-ring (bicyclic) bond motifs is 1. The van der Waals surface area contributed by atoms with Gasteiger partial charge in [-0.2, -0.15) is 0 Å². The first-order valence-electron chi connectivity index (χ1n) is 10.8. The average Bonchev–Trinajstić information content (AvgIpc) is 3.18. The Labute approximate surface area is 188 Å². The molecule has 0 spiro atoms. The van der Waals surface area contributed by atoms with Gasteiger partial charge in [0.15, 0.2) is 0 Å². The van der Waals surface area contributed by atoms with Crippen LogP contribution in [0.1, 0.15) is 16.7 Å². The molecule has 0 N–H and O–H groups in total. The predicted molar refractivity (Wildman–Crippen MR) is 132 cm³/mol. The van der Waals surface area contributed by atoms with Crippen LogP contribution in [0, 0.1) is 6.92 Å². The van der Waals surface area contributed by atoms with Gasteiger partial charge in [0.05, 0.1) is 17.4 Å². The van der Waals surface area contributed by atoms with Crippen molar-refractivity contribution in [3.05, 3.63) is 126 Å². The summed E-state index contributed by atoms with van der Waals surface area (Å²) in [7, 11) is 0. The topological polar surface area (TPSA) is 26.5 Å². The summed E-state index contributed by atoms with van der Waals surface area (Å²) in [5, 5.41) is 5.50. The van der Waals surface area contributed by atoms with Crippen molar-refractivity contribution in [3.63, 3.8) is 0 Å². The molecule has 0 aliphatic rings. The van der Waals surface area contributed by atoms with Crippen molar-refractivity contribution in [2.45, 2.75) is 13.5 Å². The molecule has 1 heterocycles. The zero-order chi connectivity index (χ0) is 21.8. The minimum absolute atomic E-state index is 0.439. The number of oxime groups is 1. The fourth-order valence-corrected chi connectivity index (χ4v) is 4.01. The Bertz CT molecular complexity index is 1350. The van der Waals surface area contributed by atoms with E-state index < -0.39 is 0 Å². The van der Waals surface area contributed by atoms with Crippen molar-refractivity contribution in [1.29, 1.82) is 0 Å². The molecule has 0 unspecified atom stereocenters. The Hall–Kier alpha value is -4.11. The van der Waals surface area contributed by atoms with Crippen LogP contribution in [0.4, 0.5) is 0 Å². The number of para-hydroxylation sites is 2. The van der Waals surface area contributed by atoms with Crippen LogP contribution < -0.4 is 0 Å². The van der Waals surface area contributed by atoms with E-state index in [4.69, 9.17) is 4.84 Å². The van der Waals surface area contributed by atoms with E-state index >= 15 is 0 Å². The van der Waals surface area contributed by atoms with Crippen molar-refractivity contribution in [3.8, 4) is 16.9 Å². The lowest BCUT2D eigenvalue weighted by Gasteiger charge is -2.12. The number of aryl methyl sites for hydroxylation is 1. The van der Waals surface area contributed by atoms with Crippen molar-refractivity contribution in [2.75, 3.05) is 0 Å². The second-order valence-corrected chi connectivity index (χ2v) is 7.81. The molecule has 1 aromatic heterocycles. The first-order valence-corrected chi connectivity index (χ1v) is 10.8. The summed E-state index contributed by atoms with van der Waals surface area (Å²) in [5.74, 6) is 0. The minimum Gasteiger partial charge on any atom is -0.391 e. The van der Waals surface area contributed by atoms with E-state index in [1.54, 1.807) is 0 Å². The molecule has 4 aromatic carbocycles. The fraction of sp³-hybridized carbons (Fsp3) is 0.0690. The van der Waals surface area contributed by atoms with E-state index in [0.29, 0.717) is 6.61 Å². The molecule has 3 nitrogen and oxygen atoms in total. The van der Waals surface area contributed by atoms with Gasteiger partial charge in [-0.1, -0.05) is 102 Å². The fourth-order valence-electron chi connectivity index (χ4n) is 4.01. The molecule has 0 bridgehead atoms. The third kappa shape index (κ3) is 3.93. The molecule has 0 amide bonds. The molecule has 0 atom stereocenters. The second-order valence-electron chi connectivity index (χ2n) is 7.81. The largest absolute Gasteiger partial charge is 0.391 e. The van der Waals surface area contributed by atoms with Gasteiger partial charge in [0.25, 0.3) is 0 Å². The van der Waals surface area contributed by atoms with Crippen LogP contribution in [-0.2, 0) is 11.4 Å². The number of hydrogen-bond acceptors (Lipinski definition) is 2. The maximum Gasteiger partial charge on any atom is 0.142 e. The third-order valence-corrected chi connectivity index (χ3v) is 5.58. The van der Waals surface area contributed by atoms with Crippen LogP contribution >= 0.6 is 0 Å². The van der Waals surface area contributed by atoms with E-state index in [1.807, 2.05) is 18.3 Å². The summed E-state index contributed by atoms with van der Waals surface area (Å²) in [6, 6.07) is 37.6.